The van der Waals surface area contributed by atoms with Crippen molar-refractivity contribution >= 4 is 33.4 Å². The molecule has 1 saturated heterocycles. The van der Waals surface area contributed by atoms with Crippen LogP contribution in [0, 0.1) is 13.8 Å². The summed E-state index contributed by atoms with van der Waals surface area (Å²) < 4.78 is 27.8. The van der Waals surface area contributed by atoms with E-state index < -0.39 is 10.0 Å². The second-order valence-corrected chi connectivity index (χ2v) is 9.14. The zero-order valence-corrected chi connectivity index (χ0v) is 15.4. The number of thioether (sulfide) groups is 1. The van der Waals surface area contributed by atoms with Crippen LogP contribution in [-0.2, 0) is 10.0 Å². The van der Waals surface area contributed by atoms with Gasteiger partial charge in [0.15, 0.2) is 0 Å². The molecule has 3 rings (SSSR count). The van der Waals surface area contributed by atoms with E-state index in [0.717, 1.165) is 22.4 Å². The zero-order chi connectivity index (χ0) is 16.6. The minimum atomic E-state index is -3.51. The second-order valence-electron chi connectivity index (χ2n) is 5.66. The van der Waals surface area contributed by atoms with Crippen molar-refractivity contribution in [1.82, 2.24) is 4.31 Å². The van der Waals surface area contributed by atoms with Crippen molar-refractivity contribution in [1.29, 1.82) is 0 Å². The molecule has 0 aromatic heterocycles. The third-order valence-corrected chi connectivity index (χ3v) is 7.59. The molecule has 1 aliphatic heterocycles. The molecule has 0 aliphatic carbocycles. The molecule has 1 aliphatic rings. The number of benzene rings is 2. The van der Waals surface area contributed by atoms with E-state index in [9.17, 15) is 8.42 Å². The SMILES string of the molecule is Cc1ccc(S(=O)(=O)N2CCS[C@@H]2c2ccc(Cl)cc2)c(C)c1. The van der Waals surface area contributed by atoms with Gasteiger partial charge in [-0.3, -0.25) is 0 Å². The highest BCUT2D eigenvalue weighted by atomic mass is 35.5. The minimum Gasteiger partial charge on any atom is -0.207 e. The largest absolute Gasteiger partial charge is 0.244 e. The number of rotatable bonds is 3. The third kappa shape index (κ3) is 3.29. The molecule has 1 atom stereocenters. The summed E-state index contributed by atoms with van der Waals surface area (Å²) in [5, 5.41) is 0.457. The van der Waals surface area contributed by atoms with E-state index in [1.54, 1.807) is 34.3 Å². The van der Waals surface area contributed by atoms with Crippen LogP contribution < -0.4 is 0 Å². The Kier molecular flexibility index (Phi) is 4.74. The van der Waals surface area contributed by atoms with Crippen molar-refractivity contribution in [3.05, 3.63) is 64.2 Å². The average molecular weight is 368 g/mol. The highest BCUT2D eigenvalue weighted by molar-refractivity contribution is 8.01. The summed E-state index contributed by atoms with van der Waals surface area (Å²) in [5.41, 5.74) is 2.81. The number of hydrogen-bond donors (Lipinski definition) is 0. The summed E-state index contributed by atoms with van der Waals surface area (Å²) in [6.45, 7) is 4.33. The molecule has 1 fully saturated rings. The lowest BCUT2D eigenvalue weighted by molar-refractivity contribution is 0.434. The van der Waals surface area contributed by atoms with Crippen LogP contribution in [0.4, 0.5) is 0 Å². The Labute approximate surface area is 146 Å². The fraction of sp³-hybridized carbons (Fsp3) is 0.294. The molecule has 3 nitrogen and oxygen atoms in total. The van der Waals surface area contributed by atoms with Crippen LogP contribution in [0.3, 0.4) is 0 Å². The summed E-state index contributed by atoms with van der Waals surface area (Å²) in [4.78, 5) is 0.393. The van der Waals surface area contributed by atoms with Gasteiger partial charge in [0.1, 0.15) is 0 Å². The van der Waals surface area contributed by atoms with Gasteiger partial charge in [0.25, 0.3) is 0 Å². The molecule has 0 bridgehead atoms. The quantitative estimate of drug-likeness (QED) is 0.807. The van der Waals surface area contributed by atoms with Crippen LogP contribution in [0.2, 0.25) is 5.02 Å². The van der Waals surface area contributed by atoms with E-state index in [1.807, 2.05) is 38.1 Å². The van der Waals surface area contributed by atoms with E-state index in [-0.39, 0.29) is 5.37 Å². The Morgan fingerprint density at radius 3 is 2.48 bits per heavy atom. The van der Waals surface area contributed by atoms with E-state index in [2.05, 4.69) is 0 Å². The third-order valence-electron chi connectivity index (χ3n) is 3.92. The summed E-state index contributed by atoms with van der Waals surface area (Å²) in [5.74, 6) is 0.789. The zero-order valence-electron chi connectivity index (χ0n) is 13.0. The van der Waals surface area contributed by atoms with Crippen LogP contribution in [0.5, 0.6) is 0 Å². The molecular weight excluding hydrogens is 350 g/mol. The van der Waals surface area contributed by atoms with Gasteiger partial charge in [0, 0.05) is 17.3 Å². The maximum absolute atomic E-state index is 13.1. The van der Waals surface area contributed by atoms with Crippen molar-refractivity contribution < 1.29 is 8.42 Å². The van der Waals surface area contributed by atoms with Crippen LogP contribution in [0.1, 0.15) is 22.1 Å². The van der Waals surface area contributed by atoms with Crippen molar-refractivity contribution in [3.8, 4) is 0 Å². The standard InChI is InChI=1S/C17H18ClNO2S2/c1-12-3-8-16(13(2)11-12)23(20,21)19-9-10-22-17(19)14-4-6-15(18)7-5-14/h3-8,11,17H,9-10H2,1-2H3/t17-/m1/s1. The molecule has 0 N–H and O–H groups in total. The molecule has 0 radical (unpaired) electrons. The fourth-order valence-electron chi connectivity index (χ4n) is 2.81. The Balaban J connectivity index is 1.99. The van der Waals surface area contributed by atoms with Crippen molar-refractivity contribution in [2.75, 3.05) is 12.3 Å². The molecule has 0 amide bonds. The van der Waals surface area contributed by atoms with Crippen LogP contribution in [0.25, 0.3) is 0 Å². The lowest BCUT2D eigenvalue weighted by Gasteiger charge is -2.24. The molecule has 2 aromatic carbocycles. The average Bonchev–Trinajstić information content (AvgIpc) is 2.98. The number of halogens is 1. The topological polar surface area (TPSA) is 37.4 Å². The number of hydrogen-bond acceptors (Lipinski definition) is 3. The predicted molar refractivity (Wildman–Crippen MR) is 96.5 cm³/mol. The van der Waals surface area contributed by atoms with Crippen molar-refractivity contribution in [2.45, 2.75) is 24.1 Å². The van der Waals surface area contributed by atoms with E-state index in [4.69, 9.17) is 11.6 Å². The van der Waals surface area contributed by atoms with E-state index in [1.165, 1.54) is 0 Å². The number of sulfonamides is 1. The van der Waals surface area contributed by atoms with Gasteiger partial charge in [0.2, 0.25) is 10.0 Å². The summed E-state index contributed by atoms with van der Waals surface area (Å²) in [7, 11) is -3.51. The maximum atomic E-state index is 13.1. The Bertz CT molecular complexity index is 819. The van der Waals surface area contributed by atoms with Gasteiger partial charge >= 0.3 is 0 Å². The van der Waals surface area contributed by atoms with E-state index in [0.29, 0.717) is 16.5 Å². The number of aryl methyl sites for hydroxylation is 2. The lowest BCUT2D eigenvalue weighted by Crippen LogP contribution is -2.31. The van der Waals surface area contributed by atoms with Crippen molar-refractivity contribution in [2.24, 2.45) is 0 Å². The van der Waals surface area contributed by atoms with Gasteiger partial charge in [-0.2, -0.15) is 4.31 Å². The van der Waals surface area contributed by atoms with Gasteiger partial charge in [0.05, 0.1) is 10.3 Å². The van der Waals surface area contributed by atoms with Gasteiger partial charge in [-0.1, -0.05) is 41.4 Å². The summed E-state index contributed by atoms with van der Waals surface area (Å²) in [6, 6.07) is 12.9. The maximum Gasteiger partial charge on any atom is 0.244 e. The minimum absolute atomic E-state index is 0.196. The van der Waals surface area contributed by atoms with Crippen LogP contribution in [-0.4, -0.2) is 25.0 Å². The predicted octanol–water partition coefficient (Wildman–Crippen LogP) is 4.39. The molecule has 6 heteroatoms. The van der Waals surface area contributed by atoms with E-state index >= 15 is 0 Å². The van der Waals surface area contributed by atoms with Gasteiger partial charge in [-0.25, -0.2) is 8.42 Å². The highest BCUT2D eigenvalue weighted by Crippen LogP contribution is 2.42. The van der Waals surface area contributed by atoms with Gasteiger partial charge < -0.3 is 0 Å². The van der Waals surface area contributed by atoms with Gasteiger partial charge in [-0.15, -0.1) is 11.8 Å². The fourth-order valence-corrected chi connectivity index (χ4v) is 6.38. The smallest absolute Gasteiger partial charge is 0.207 e. The second kappa shape index (κ2) is 6.48. The Morgan fingerprint density at radius 1 is 1.13 bits per heavy atom. The summed E-state index contributed by atoms with van der Waals surface area (Å²) in [6.07, 6.45) is 0. The monoisotopic (exact) mass is 367 g/mol. The molecule has 0 unspecified atom stereocenters. The first-order chi connectivity index (χ1) is 10.9. The molecule has 1 heterocycles. The van der Waals surface area contributed by atoms with Crippen LogP contribution >= 0.6 is 23.4 Å². The normalized spacial score (nSPS) is 19.2. The first kappa shape index (κ1) is 16.8. The Hall–Kier alpha value is -1.01. The van der Waals surface area contributed by atoms with Crippen molar-refractivity contribution in [3.63, 3.8) is 0 Å². The first-order valence-corrected chi connectivity index (χ1v) is 10.2. The molecule has 0 spiro atoms. The molecule has 2 aromatic rings. The Morgan fingerprint density at radius 2 is 1.83 bits per heavy atom. The molecule has 122 valence electrons. The molecule has 23 heavy (non-hydrogen) atoms. The summed E-state index contributed by atoms with van der Waals surface area (Å²) >= 11 is 7.58. The van der Waals surface area contributed by atoms with Crippen LogP contribution in [0.15, 0.2) is 47.4 Å². The molecule has 0 saturated carbocycles. The lowest BCUT2D eigenvalue weighted by atomic mass is 10.2. The number of nitrogens with zero attached hydrogens (tertiary/aromatic N) is 1. The highest BCUT2D eigenvalue weighted by Gasteiger charge is 2.37. The first-order valence-electron chi connectivity index (χ1n) is 7.36. The molecular formula is C17H18ClNO2S2. The van der Waals surface area contributed by atoms with Gasteiger partial charge in [-0.05, 0) is 43.2 Å².